The molecule has 1 N–H and O–H groups in total. The Hall–Kier alpha value is -2.84. The third-order valence-electron chi connectivity index (χ3n) is 4.43. The van der Waals surface area contributed by atoms with Crippen LogP contribution in [0.25, 0.3) is 5.69 Å². The molecule has 1 aliphatic heterocycles. The first-order valence-corrected chi connectivity index (χ1v) is 10.6. The van der Waals surface area contributed by atoms with Gasteiger partial charge in [0.05, 0.1) is 35.6 Å². The number of ether oxygens (including phenoxy) is 1. The quantitative estimate of drug-likeness (QED) is 0.703. The fraction of sp³-hybridized carbons (Fsp3) is 0.158. The number of anilines is 1. The predicted molar refractivity (Wildman–Crippen MR) is 106 cm³/mol. The highest BCUT2D eigenvalue weighted by Gasteiger charge is 2.33. The number of para-hydroxylation sites is 1. The molecule has 0 bridgehead atoms. The van der Waals surface area contributed by atoms with Crippen LogP contribution in [-0.2, 0) is 21.3 Å². The number of benzene rings is 2. The largest absolute Gasteiger partial charge is 0.496 e. The molecule has 0 atom stereocenters. The minimum atomic E-state index is -3.28. The number of methoxy groups -OCH3 is 1. The molecule has 0 unspecified atom stereocenters. The molecule has 0 saturated heterocycles. The molecule has 144 valence electrons. The number of rotatable bonds is 4. The van der Waals surface area contributed by atoms with Crippen LogP contribution in [0.4, 0.5) is 5.82 Å². The van der Waals surface area contributed by atoms with Gasteiger partial charge in [0.15, 0.2) is 9.84 Å². The normalized spacial score (nSPS) is 14.5. The molecule has 28 heavy (non-hydrogen) atoms. The number of halogens is 1. The molecule has 0 aliphatic carbocycles. The van der Waals surface area contributed by atoms with Crippen LogP contribution in [0.3, 0.4) is 0 Å². The minimum Gasteiger partial charge on any atom is -0.496 e. The molecule has 4 rings (SSSR count). The Morgan fingerprint density at radius 2 is 1.93 bits per heavy atom. The third kappa shape index (κ3) is 3.36. The summed E-state index contributed by atoms with van der Waals surface area (Å²) in [6.07, 6.45) is 0. The van der Waals surface area contributed by atoms with Gasteiger partial charge < -0.3 is 10.1 Å². The number of carbonyl (C=O) groups is 1. The molecule has 3 aromatic rings. The summed E-state index contributed by atoms with van der Waals surface area (Å²) in [6, 6.07) is 13.9. The van der Waals surface area contributed by atoms with Gasteiger partial charge in [-0.15, -0.1) is 0 Å². The van der Waals surface area contributed by atoms with E-state index in [2.05, 4.69) is 10.4 Å². The summed E-state index contributed by atoms with van der Waals surface area (Å²) in [7, 11) is -1.82. The maximum atomic E-state index is 12.9. The molecule has 0 fully saturated rings. The van der Waals surface area contributed by atoms with Gasteiger partial charge in [-0.05, 0) is 30.3 Å². The van der Waals surface area contributed by atoms with E-state index in [9.17, 15) is 13.2 Å². The van der Waals surface area contributed by atoms with Gasteiger partial charge in [-0.2, -0.15) is 5.10 Å². The smallest absolute Gasteiger partial charge is 0.260 e. The molecule has 9 heteroatoms. The second-order valence-electron chi connectivity index (χ2n) is 6.35. The van der Waals surface area contributed by atoms with Gasteiger partial charge in [0, 0.05) is 10.6 Å². The van der Waals surface area contributed by atoms with Gasteiger partial charge in [-0.3, -0.25) is 4.79 Å². The summed E-state index contributed by atoms with van der Waals surface area (Å²) < 4.78 is 30.9. The Morgan fingerprint density at radius 1 is 1.18 bits per heavy atom. The molecular weight excluding hydrogens is 402 g/mol. The second kappa shape index (κ2) is 6.96. The average molecular weight is 418 g/mol. The van der Waals surface area contributed by atoms with Crippen molar-refractivity contribution in [3.63, 3.8) is 0 Å². The standard InChI is InChI=1S/C19H16ClN3O4S/c1-27-17-8-7-12(20)9-14(17)19(24)21-18-15-10-28(25,26)11-16(15)22-23(18)13-5-3-2-4-6-13/h2-9H,10-11H2,1H3,(H,21,24). The molecule has 0 spiro atoms. The van der Waals surface area contributed by atoms with Crippen molar-refractivity contribution in [2.24, 2.45) is 0 Å². The fourth-order valence-corrected chi connectivity index (χ4v) is 4.83. The Labute approximate surface area is 166 Å². The van der Waals surface area contributed by atoms with Crippen molar-refractivity contribution in [2.45, 2.75) is 11.5 Å². The number of nitrogens with zero attached hydrogens (tertiary/aromatic N) is 2. The van der Waals surface area contributed by atoms with Crippen LogP contribution in [0.2, 0.25) is 5.02 Å². The van der Waals surface area contributed by atoms with Crippen molar-refractivity contribution in [1.82, 2.24) is 9.78 Å². The minimum absolute atomic E-state index is 0.147. The molecule has 1 aromatic heterocycles. The van der Waals surface area contributed by atoms with Crippen molar-refractivity contribution in [1.29, 1.82) is 0 Å². The second-order valence-corrected chi connectivity index (χ2v) is 8.85. The first-order chi connectivity index (χ1) is 13.4. The lowest BCUT2D eigenvalue weighted by molar-refractivity contribution is 0.102. The van der Waals surface area contributed by atoms with Gasteiger partial charge in [0.25, 0.3) is 5.91 Å². The summed E-state index contributed by atoms with van der Waals surface area (Å²) in [5.74, 6) is -0.0991. The molecule has 0 saturated carbocycles. The van der Waals surface area contributed by atoms with Crippen LogP contribution < -0.4 is 10.1 Å². The summed E-state index contributed by atoms with van der Waals surface area (Å²) in [5.41, 5.74) is 1.89. The SMILES string of the molecule is COc1ccc(Cl)cc1C(=O)Nc1c2c(nn1-c1ccccc1)CS(=O)(=O)C2. The highest BCUT2D eigenvalue weighted by Crippen LogP contribution is 2.34. The van der Waals surface area contributed by atoms with Gasteiger partial charge in [-0.1, -0.05) is 29.8 Å². The van der Waals surface area contributed by atoms with Crippen LogP contribution in [0.1, 0.15) is 21.6 Å². The molecule has 7 nitrogen and oxygen atoms in total. The van der Waals surface area contributed by atoms with Crippen molar-refractivity contribution >= 4 is 33.2 Å². The van der Waals surface area contributed by atoms with Crippen molar-refractivity contribution in [3.8, 4) is 11.4 Å². The number of aromatic nitrogens is 2. The Morgan fingerprint density at radius 3 is 2.64 bits per heavy atom. The van der Waals surface area contributed by atoms with E-state index in [4.69, 9.17) is 16.3 Å². The Kier molecular flexibility index (Phi) is 4.60. The van der Waals surface area contributed by atoms with E-state index in [-0.39, 0.29) is 17.1 Å². The van der Waals surface area contributed by atoms with E-state index in [1.807, 2.05) is 30.3 Å². The zero-order valence-electron chi connectivity index (χ0n) is 14.8. The first kappa shape index (κ1) is 18.5. The summed E-state index contributed by atoms with van der Waals surface area (Å²) in [4.78, 5) is 12.9. The van der Waals surface area contributed by atoms with Crippen molar-refractivity contribution in [3.05, 3.63) is 70.4 Å². The topological polar surface area (TPSA) is 90.3 Å². The number of hydrogen-bond donors (Lipinski definition) is 1. The molecule has 1 amide bonds. The van der Waals surface area contributed by atoms with Crippen LogP contribution in [0, 0.1) is 0 Å². The number of amides is 1. The highest BCUT2D eigenvalue weighted by molar-refractivity contribution is 7.90. The Bertz CT molecular complexity index is 1170. The van der Waals surface area contributed by atoms with Gasteiger partial charge >= 0.3 is 0 Å². The Balaban J connectivity index is 1.79. The van der Waals surface area contributed by atoms with Crippen LogP contribution in [-0.4, -0.2) is 31.2 Å². The van der Waals surface area contributed by atoms with Crippen molar-refractivity contribution in [2.75, 3.05) is 12.4 Å². The predicted octanol–water partition coefficient (Wildman–Crippen LogP) is 3.22. The monoisotopic (exact) mass is 417 g/mol. The van der Waals surface area contributed by atoms with Gasteiger partial charge in [-0.25, -0.2) is 13.1 Å². The molecule has 2 heterocycles. The van der Waals surface area contributed by atoms with Crippen molar-refractivity contribution < 1.29 is 17.9 Å². The highest BCUT2D eigenvalue weighted by atomic mass is 35.5. The number of sulfone groups is 1. The fourth-order valence-electron chi connectivity index (χ4n) is 3.16. The van der Waals surface area contributed by atoms with Crippen LogP contribution in [0.15, 0.2) is 48.5 Å². The summed E-state index contributed by atoms with van der Waals surface area (Å²) in [6.45, 7) is 0. The maximum absolute atomic E-state index is 12.9. The van der Waals surface area contributed by atoms with Crippen LogP contribution >= 0.6 is 11.6 Å². The number of carbonyl (C=O) groups excluding carboxylic acids is 1. The molecule has 0 radical (unpaired) electrons. The molecule has 1 aliphatic rings. The average Bonchev–Trinajstić information content (AvgIpc) is 3.15. The lowest BCUT2D eigenvalue weighted by atomic mass is 10.2. The first-order valence-electron chi connectivity index (χ1n) is 8.39. The number of nitrogens with one attached hydrogen (secondary N) is 1. The van der Waals surface area contributed by atoms with Gasteiger partial charge in [0.1, 0.15) is 11.6 Å². The summed E-state index contributed by atoms with van der Waals surface area (Å²) >= 11 is 6.03. The summed E-state index contributed by atoms with van der Waals surface area (Å²) in [5, 5.41) is 7.62. The van der Waals surface area contributed by atoms with Crippen LogP contribution in [0.5, 0.6) is 5.75 Å². The number of fused-ring (bicyclic) bond motifs is 1. The molecular formula is C19H16ClN3O4S. The van der Waals surface area contributed by atoms with E-state index < -0.39 is 15.7 Å². The zero-order valence-corrected chi connectivity index (χ0v) is 16.4. The lowest BCUT2D eigenvalue weighted by Gasteiger charge is -2.13. The van der Waals surface area contributed by atoms with E-state index >= 15 is 0 Å². The third-order valence-corrected chi connectivity index (χ3v) is 6.10. The maximum Gasteiger partial charge on any atom is 0.260 e. The zero-order chi connectivity index (χ0) is 19.9. The van der Waals surface area contributed by atoms with E-state index in [0.29, 0.717) is 33.5 Å². The number of hydrogen-bond acceptors (Lipinski definition) is 5. The molecule has 2 aromatic carbocycles. The van der Waals surface area contributed by atoms with E-state index in [1.54, 1.807) is 16.8 Å². The van der Waals surface area contributed by atoms with E-state index in [0.717, 1.165) is 0 Å². The lowest BCUT2D eigenvalue weighted by Crippen LogP contribution is -2.17. The van der Waals surface area contributed by atoms with Gasteiger partial charge in [0.2, 0.25) is 0 Å². The van der Waals surface area contributed by atoms with E-state index in [1.165, 1.54) is 13.2 Å².